The van der Waals surface area contributed by atoms with Crippen molar-refractivity contribution in [3.8, 4) is 5.75 Å². The summed E-state index contributed by atoms with van der Waals surface area (Å²) in [4.78, 5) is 0. The van der Waals surface area contributed by atoms with Gasteiger partial charge in [0.15, 0.2) is 0 Å². The van der Waals surface area contributed by atoms with E-state index >= 15 is 0 Å². The lowest BCUT2D eigenvalue weighted by Crippen LogP contribution is -2.37. The van der Waals surface area contributed by atoms with E-state index in [0.29, 0.717) is 13.2 Å². The van der Waals surface area contributed by atoms with Crippen LogP contribution >= 0.6 is 0 Å². The molecule has 1 aromatic rings. The Morgan fingerprint density at radius 1 is 1.11 bits per heavy atom. The van der Waals surface area contributed by atoms with Crippen molar-refractivity contribution in [3.63, 3.8) is 0 Å². The summed E-state index contributed by atoms with van der Waals surface area (Å²) >= 11 is 0. The van der Waals surface area contributed by atoms with Gasteiger partial charge in [0.1, 0.15) is 12.4 Å². The van der Waals surface area contributed by atoms with Gasteiger partial charge in [-0.25, -0.2) is 0 Å². The highest BCUT2D eigenvalue weighted by Gasteiger charge is 2.09. The highest BCUT2D eigenvalue weighted by Crippen LogP contribution is 2.18. The van der Waals surface area contributed by atoms with E-state index in [4.69, 9.17) is 9.47 Å². The minimum absolute atomic E-state index is 0.159. The molecule has 0 aromatic heterocycles. The van der Waals surface area contributed by atoms with Crippen molar-refractivity contribution in [2.24, 2.45) is 0 Å². The summed E-state index contributed by atoms with van der Waals surface area (Å²) in [7, 11) is 1.68. The monoisotopic (exact) mass is 251 g/mol. The molecule has 0 atom stereocenters. The molecule has 3 heteroatoms. The largest absolute Gasteiger partial charge is 0.491 e. The number of methoxy groups -OCH3 is 1. The summed E-state index contributed by atoms with van der Waals surface area (Å²) in [6, 6.07) is 8.19. The quantitative estimate of drug-likeness (QED) is 0.756. The van der Waals surface area contributed by atoms with Gasteiger partial charge in [-0.2, -0.15) is 0 Å². The van der Waals surface area contributed by atoms with Crippen molar-refractivity contribution >= 4 is 0 Å². The molecule has 1 N–H and O–H groups in total. The molecule has 0 fully saturated rings. The maximum atomic E-state index is 5.71. The van der Waals surface area contributed by atoms with E-state index < -0.39 is 0 Å². The fourth-order valence-corrected chi connectivity index (χ4v) is 1.66. The Morgan fingerprint density at radius 3 is 2.50 bits per heavy atom. The van der Waals surface area contributed by atoms with Gasteiger partial charge in [-0.15, -0.1) is 0 Å². The van der Waals surface area contributed by atoms with Crippen molar-refractivity contribution in [2.45, 2.75) is 32.7 Å². The van der Waals surface area contributed by atoms with Gasteiger partial charge in [-0.1, -0.05) is 18.2 Å². The van der Waals surface area contributed by atoms with E-state index in [1.807, 2.05) is 12.1 Å². The summed E-state index contributed by atoms with van der Waals surface area (Å²) in [5, 5.41) is 3.48. The van der Waals surface area contributed by atoms with Gasteiger partial charge in [-0.05, 0) is 45.4 Å². The third-order valence-corrected chi connectivity index (χ3v) is 2.57. The predicted molar refractivity (Wildman–Crippen MR) is 75.3 cm³/mol. The van der Waals surface area contributed by atoms with E-state index in [0.717, 1.165) is 18.7 Å². The Labute approximate surface area is 110 Å². The Balaban J connectivity index is 2.48. The molecular weight excluding hydrogens is 226 g/mol. The molecule has 102 valence electrons. The zero-order chi connectivity index (χ0) is 13.4. The van der Waals surface area contributed by atoms with E-state index in [9.17, 15) is 0 Å². The lowest BCUT2D eigenvalue weighted by atomic mass is 10.1. The van der Waals surface area contributed by atoms with Gasteiger partial charge in [-0.3, -0.25) is 0 Å². The van der Waals surface area contributed by atoms with Crippen molar-refractivity contribution < 1.29 is 9.47 Å². The molecule has 0 aliphatic rings. The van der Waals surface area contributed by atoms with Crippen LogP contribution in [0.1, 0.15) is 26.3 Å². The third-order valence-electron chi connectivity index (χ3n) is 2.57. The smallest absolute Gasteiger partial charge is 0.122 e. The average molecular weight is 251 g/mol. The van der Waals surface area contributed by atoms with Crippen LogP contribution in [-0.2, 0) is 11.2 Å². The van der Waals surface area contributed by atoms with E-state index in [2.05, 4.69) is 38.2 Å². The standard InChI is InChI=1S/C15H25NO2/c1-15(2,3)16-10-9-13-7-5-6-8-14(13)18-12-11-17-4/h5-8,16H,9-12H2,1-4H3. The van der Waals surface area contributed by atoms with Crippen LogP contribution in [-0.4, -0.2) is 32.4 Å². The van der Waals surface area contributed by atoms with Crippen LogP contribution < -0.4 is 10.1 Å². The molecule has 1 aromatic carbocycles. The van der Waals surface area contributed by atoms with Gasteiger partial charge in [0, 0.05) is 12.6 Å². The van der Waals surface area contributed by atoms with E-state index in [1.165, 1.54) is 5.56 Å². The van der Waals surface area contributed by atoms with Crippen LogP contribution in [0.4, 0.5) is 0 Å². The molecule has 0 spiro atoms. The van der Waals surface area contributed by atoms with Gasteiger partial charge in [0.25, 0.3) is 0 Å². The number of rotatable bonds is 7. The molecule has 0 amide bonds. The summed E-state index contributed by atoms with van der Waals surface area (Å²) in [5.41, 5.74) is 1.40. The Morgan fingerprint density at radius 2 is 1.83 bits per heavy atom. The van der Waals surface area contributed by atoms with Crippen LogP contribution in [0.15, 0.2) is 24.3 Å². The highest BCUT2D eigenvalue weighted by atomic mass is 16.5. The molecule has 18 heavy (non-hydrogen) atoms. The van der Waals surface area contributed by atoms with Crippen molar-refractivity contribution in [3.05, 3.63) is 29.8 Å². The van der Waals surface area contributed by atoms with Crippen LogP contribution in [0.3, 0.4) is 0 Å². The third kappa shape index (κ3) is 6.03. The first-order chi connectivity index (χ1) is 8.53. The fourth-order valence-electron chi connectivity index (χ4n) is 1.66. The molecule has 0 unspecified atom stereocenters. The van der Waals surface area contributed by atoms with Gasteiger partial charge in [0.05, 0.1) is 6.61 Å². The van der Waals surface area contributed by atoms with Crippen LogP contribution in [0, 0.1) is 0 Å². The van der Waals surface area contributed by atoms with Gasteiger partial charge >= 0.3 is 0 Å². The molecule has 0 bridgehead atoms. The fraction of sp³-hybridized carbons (Fsp3) is 0.600. The second kappa shape index (κ2) is 7.39. The normalized spacial score (nSPS) is 11.6. The first-order valence-electron chi connectivity index (χ1n) is 6.47. The number of hydrogen-bond acceptors (Lipinski definition) is 3. The maximum absolute atomic E-state index is 5.71. The lowest BCUT2D eigenvalue weighted by Gasteiger charge is -2.21. The number of benzene rings is 1. The number of ether oxygens (including phenoxy) is 2. The summed E-state index contributed by atoms with van der Waals surface area (Å²) < 4.78 is 10.7. The van der Waals surface area contributed by atoms with Crippen LogP contribution in [0.5, 0.6) is 5.75 Å². The number of nitrogens with one attached hydrogen (secondary N) is 1. The second-order valence-electron chi connectivity index (χ2n) is 5.38. The average Bonchev–Trinajstić information content (AvgIpc) is 2.30. The minimum Gasteiger partial charge on any atom is -0.491 e. The van der Waals surface area contributed by atoms with E-state index in [-0.39, 0.29) is 5.54 Å². The minimum atomic E-state index is 0.159. The first kappa shape index (κ1) is 15.0. The molecule has 0 saturated heterocycles. The predicted octanol–water partition coefficient (Wildman–Crippen LogP) is 2.64. The summed E-state index contributed by atoms with van der Waals surface area (Å²) in [5.74, 6) is 0.963. The maximum Gasteiger partial charge on any atom is 0.122 e. The number of hydrogen-bond donors (Lipinski definition) is 1. The zero-order valence-corrected chi connectivity index (χ0v) is 12.0. The first-order valence-corrected chi connectivity index (χ1v) is 6.47. The van der Waals surface area contributed by atoms with Crippen LogP contribution in [0.2, 0.25) is 0 Å². The van der Waals surface area contributed by atoms with Crippen molar-refractivity contribution in [1.29, 1.82) is 0 Å². The molecule has 3 nitrogen and oxygen atoms in total. The number of para-hydroxylation sites is 1. The Kier molecular flexibility index (Phi) is 6.16. The van der Waals surface area contributed by atoms with Crippen LogP contribution in [0.25, 0.3) is 0 Å². The molecule has 0 saturated carbocycles. The molecule has 0 radical (unpaired) electrons. The molecule has 0 heterocycles. The molecular formula is C15H25NO2. The van der Waals surface area contributed by atoms with Gasteiger partial charge in [0.2, 0.25) is 0 Å². The van der Waals surface area contributed by atoms with Gasteiger partial charge < -0.3 is 14.8 Å². The molecule has 0 aliphatic heterocycles. The van der Waals surface area contributed by atoms with Crippen molar-refractivity contribution in [1.82, 2.24) is 5.32 Å². The van der Waals surface area contributed by atoms with E-state index in [1.54, 1.807) is 7.11 Å². The topological polar surface area (TPSA) is 30.5 Å². The van der Waals surface area contributed by atoms with Crippen molar-refractivity contribution in [2.75, 3.05) is 26.9 Å². The lowest BCUT2D eigenvalue weighted by molar-refractivity contribution is 0.145. The SMILES string of the molecule is COCCOc1ccccc1CCNC(C)(C)C. The molecule has 0 aliphatic carbocycles. The Hall–Kier alpha value is -1.06. The summed E-state index contributed by atoms with van der Waals surface area (Å²) in [6.45, 7) is 8.69. The Bertz CT molecular complexity index is 345. The molecule has 1 rings (SSSR count). The highest BCUT2D eigenvalue weighted by molar-refractivity contribution is 5.33. The zero-order valence-electron chi connectivity index (χ0n) is 12.0. The second-order valence-corrected chi connectivity index (χ2v) is 5.38. The summed E-state index contributed by atoms with van der Waals surface area (Å²) in [6.07, 6.45) is 0.973.